The van der Waals surface area contributed by atoms with Crippen LogP contribution in [0.1, 0.15) is 23.3 Å². The van der Waals surface area contributed by atoms with E-state index in [2.05, 4.69) is 20.6 Å². The fraction of sp³-hybridized carbons (Fsp3) is 0.312. The van der Waals surface area contributed by atoms with Gasteiger partial charge in [0.15, 0.2) is 11.5 Å². The lowest BCUT2D eigenvalue weighted by atomic mass is 10.2. The number of anilines is 1. The van der Waals surface area contributed by atoms with Gasteiger partial charge in [-0.3, -0.25) is 14.6 Å². The number of hydrogen-bond acceptors (Lipinski definition) is 5. The van der Waals surface area contributed by atoms with E-state index < -0.39 is 0 Å². The van der Waals surface area contributed by atoms with Gasteiger partial charge in [0, 0.05) is 18.9 Å². The maximum atomic E-state index is 12.3. The van der Waals surface area contributed by atoms with Crippen molar-refractivity contribution in [3.8, 4) is 11.5 Å². The molecule has 0 aliphatic carbocycles. The number of nitrogens with one attached hydrogen (secondary N) is 2. The van der Waals surface area contributed by atoms with Gasteiger partial charge in [-0.05, 0) is 25.0 Å². The van der Waals surface area contributed by atoms with Crippen molar-refractivity contribution < 1.29 is 13.9 Å². The summed E-state index contributed by atoms with van der Waals surface area (Å²) in [6.07, 6.45) is 7.32. The van der Waals surface area contributed by atoms with Crippen LogP contribution >= 0.6 is 0 Å². The molecule has 8 nitrogen and oxygen atoms in total. The monoisotopic (exact) mass is 327 g/mol. The number of hydrogen-bond donors (Lipinski definition) is 2. The minimum absolute atomic E-state index is 0.204. The zero-order chi connectivity index (χ0) is 16.4. The van der Waals surface area contributed by atoms with E-state index in [0.29, 0.717) is 23.7 Å². The quantitative estimate of drug-likeness (QED) is 0.749. The zero-order valence-corrected chi connectivity index (χ0v) is 12.9. The van der Waals surface area contributed by atoms with Gasteiger partial charge in [0.1, 0.15) is 5.69 Å². The molecule has 1 aliphatic heterocycles. The number of ether oxygens (including phenoxy) is 1. The van der Waals surface area contributed by atoms with Crippen LogP contribution in [0.15, 0.2) is 41.3 Å². The van der Waals surface area contributed by atoms with Crippen LogP contribution < -0.4 is 5.32 Å². The van der Waals surface area contributed by atoms with Crippen LogP contribution in [0.25, 0.3) is 11.5 Å². The van der Waals surface area contributed by atoms with E-state index in [9.17, 15) is 4.79 Å². The molecule has 0 spiro atoms. The highest BCUT2D eigenvalue weighted by Gasteiger charge is 2.17. The van der Waals surface area contributed by atoms with Crippen LogP contribution in [-0.4, -0.2) is 38.6 Å². The molecule has 4 rings (SSSR count). The first kappa shape index (κ1) is 14.7. The number of carbonyl (C=O) groups excluding carboxylic acids is 1. The summed E-state index contributed by atoms with van der Waals surface area (Å²) < 4.78 is 12.6. The number of aromatic nitrogens is 4. The van der Waals surface area contributed by atoms with Crippen molar-refractivity contribution in [2.24, 2.45) is 0 Å². The molecule has 2 N–H and O–H groups in total. The van der Waals surface area contributed by atoms with Crippen molar-refractivity contribution in [1.29, 1.82) is 0 Å². The molecule has 124 valence electrons. The van der Waals surface area contributed by atoms with Crippen molar-refractivity contribution in [2.45, 2.75) is 25.5 Å². The number of rotatable bonds is 5. The predicted molar refractivity (Wildman–Crippen MR) is 85.4 cm³/mol. The van der Waals surface area contributed by atoms with Gasteiger partial charge in [-0.15, -0.1) is 0 Å². The smallest absolute Gasteiger partial charge is 0.276 e. The van der Waals surface area contributed by atoms with Gasteiger partial charge in [-0.25, -0.2) is 0 Å². The van der Waals surface area contributed by atoms with Crippen molar-refractivity contribution in [2.75, 3.05) is 11.9 Å². The molecule has 3 aromatic heterocycles. The van der Waals surface area contributed by atoms with Crippen molar-refractivity contribution >= 4 is 11.6 Å². The Kier molecular flexibility index (Phi) is 3.87. The molecule has 1 saturated heterocycles. The summed E-state index contributed by atoms with van der Waals surface area (Å²) in [6, 6.07) is 5.22. The Morgan fingerprint density at radius 3 is 3.25 bits per heavy atom. The third kappa shape index (κ3) is 3.09. The first-order chi connectivity index (χ1) is 11.8. The molecular weight excluding hydrogens is 310 g/mol. The standard InChI is InChI=1S/C16H17N5O3/c22-16(14-7-13(19-20-14)15-4-2-6-24-15)18-11-8-17-21(9-11)10-12-3-1-5-23-12/h2,4,6-9,12H,1,3,5,10H2,(H,18,22)(H,19,20). The maximum absolute atomic E-state index is 12.3. The Bertz CT molecular complexity index is 815. The fourth-order valence-corrected chi connectivity index (χ4v) is 2.72. The predicted octanol–water partition coefficient (Wildman–Crippen LogP) is 2.30. The Labute approximate surface area is 137 Å². The largest absolute Gasteiger partial charge is 0.463 e. The topological polar surface area (TPSA) is 98.0 Å². The second-order valence-electron chi connectivity index (χ2n) is 5.68. The van der Waals surface area contributed by atoms with Crippen LogP contribution in [0.2, 0.25) is 0 Å². The average Bonchev–Trinajstić information content (AvgIpc) is 3.36. The molecule has 0 aromatic carbocycles. The van der Waals surface area contributed by atoms with E-state index >= 15 is 0 Å². The van der Waals surface area contributed by atoms with Gasteiger partial charge in [0.2, 0.25) is 0 Å². The number of carbonyl (C=O) groups is 1. The SMILES string of the molecule is O=C(Nc1cnn(CC2CCCO2)c1)c1cc(-c2ccco2)[nH]n1. The lowest BCUT2D eigenvalue weighted by molar-refractivity contribution is 0.0940. The summed E-state index contributed by atoms with van der Waals surface area (Å²) >= 11 is 0. The molecule has 0 radical (unpaired) electrons. The van der Waals surface area contributed by atoms with Gasteiger partial charge < -0.3 is 14.5 Å². The average molecular weight is 327 g/mol. The minimum Gasteiger partial charge on any atom is -0.463 e. The van der Waals surface area contributed by atoms with Crippen LogP contribution in [-0.2, 0) is 11.3 Å². The van der Waals surface area contributed by atoms with Gasteiger partial charge in [-0.1, -0.05) is 0 Å². The summed E-state index contributed by atoms with van der Waals surface area (Å²) in [5.41, 5.74) is 1.56. The van der Waals surface area contributed by atoms with E-state index in [-0.39, 0.29) is 17.7 Å². The van der Waals surface area contributed by atoms with E-state index in [0.717, 1.165) is 19.4 Å². The van der Waals surface area contributed by atoms with E-state index in [1.807, 2.05) is 0 Å². The molecule has 0 bridgehead atoms. The minimum atomic E-state index is -0.305. The molecule has 1 atom stereocenters. The van der Waals surface area contributed by atoms with E-state index in [1.165, 1.54) is 0 Å². The number of amides is 1. The first-order valence-electron chi connectivity index (χ1n) is 7.82. The Hall–Kier alpha value is -2.87. The lowest BCUT2D eigenvalue weighted by Gasteiger charge is -2.08. The highest BCUT2D eigenvalue weighted by Crippen LogP contribution is 2.19. The van der Waals surface area contributed by atoms with Gasteiger partial charge in [-0.2, -0.15) is 10.2 Å². The number of furan rings is 1. The second kappa shape index (κ2) is 6.32. The van der Waals surface area contributed by atoms with Crippen LogP contribution in [0.5, 0.6) is 0 Å². The molecule has 0 saturated carbocycles. The van der Waals surface area contributed by atoms with Crippen molar-refractivity contribution in [3.63, 3.8) is 0 Å². The van der Waals surface area contributed by atoms with E-state index in [4.69, 9.17) is 9.15 Å². The Morgan fingerprint density at radius 1 is 1.50 bits per heavy atom. The third-order valence-electron chi connectivity index (χ3n) is 3.90. The van der Waals surface area contributed by atoms with Crippen molar-refractivity contribution in [3.05, 3.63) is 42.5 Å². The highest BCUT2D eigenvalue weighted by molar-refractivity contribution is 6.03. The van der Waals surface area contributed by atoms with Gasteiger partial charge >= 0.3 is 0 Å². The summed E-state index contributed by atoms with van der Waals surface area (Å²) in [6.45, 7) is 1.51. The summed E-state index contributed by atoms with van der Waals surface area (Å²) in [5.74, 6) is 0.326. The molecule has 1 unspecified atom stereocenters. The lowest BCUT2D eigenvalue weighted by Crippen LogP contribution is -2.15. The Morgan fingerprint density at radius 2 is 2.46 bits per heavy atom. The van der Waals surface area contributed by atoms with Gasteiger partial charge in [0.25, 0.3) is 5.91 Å². The third-order valence-corrected chi connectivity index (χ3v) is 3.90. The summed E-state index contributed by atoms with van der Waals surface area (Å²) in [5, 5.41) is 13.8. The summed E-state index contributed by atoms with van der Waals surface area (Å²) in [4.78, 5) is 12.3. The molecule has 1 aliphatic rings. The molecule has 4 heterocycles. The van der Waals surface area contributed by atoms with E-state index in [1.54, 1.807) is 41.5 Å². The highest BCUT2D eigenvalue weighted by atomic mass is 16.5. The van der Waals surface area contributed by atoms with Crippen LogP contribution in [0, 0.1) is 0 Å². The Balaban J connectivity index is 1.40. The second-order valence-corrected chi connectivity index (χ2v) is 5.68. The molecule has 8 heteroatoms. The maximum Gasteiger partial charge on any atom is 0.276 e. The number of aromatic amines is 1. The fourth-order valence-electron chi connectivity index (χ4n) is 2.72. The number of nitrogens with zero attached hydrogens (tertiary/aromatic N) is 3. The van der Waals surface area contributed by atoms with Crippen LogP contribution in [0.3, 0.4) is 0 Å². The normalized spacial score (nSPS) is 17.2. The molecule has 3 aromatic rings. The number of H-pyrrole nitrogens is 1. The molecule has 1 amide bonds. The molecule has 24 heavy (non-hydrogen) atoms. The zero-order valence-electron chi connectivity index (χ0n) is 12.9. The van der Waals surface area contributed by atoms with Crippen molar-refractivity contribution in [1.82, 2.24) is 20.0 Å². The van der Waals surface area contributed by atoms with Crippen LogP contribution in [0.4, 0.5) is 5.69 Å². The van der Waals surface area contributed by atoms with Gasteiger partial charge in [0.05, 0.1) is 30.8 Å². The first-order valence-corrected chi connectivity index (χ1v) is 7.82. The summed E-state index contributed by atoms with van der Waals surface area (Å²) in [7, 11) is 0. The molecular formula is C16H17N5O3. The molecule has 1 fully saturated rings.